The number of hydrogen-bond donors (Lipinski definition) is 0. The molecule has 0 aromatic carbocycles. The van der Waals surface area contributed by atoms with E-state index in [1.807, 2.05) is 0 Å². The summed E-state index contributed by atoms with van der Waals surface area (Å²) in [4.78, 5) is 15.1. The van der Waals surface area contributed by atoms with E-state index in [2.05, 4.69) is 4.98 Å². The van der Waals surface area contributed by atoms with Gasteiger partial charge in [-0.25, -0.2) is 9.37 Å². The topological polar surface area (TPSA) is 39.2 Å². The molecule has 13 heavy (non-hydrogen) atoms. The molecule has 0 aliphatic carbocycles. The molecule has 0 spiro atoms. The number of ether oxygens (including phenoxy) is 1. The summed E-state index contributed by atoms with van der Waals surface area (Å²) in [5.41, 5.74) is 0.248. The lowest BCUT2D eigenvalue weighted by atomic mass is 10.0. The molecule has 1 aromatic rings. The molecule has 4 heteroatoms. The van der Waals surface area contributed by atoms with Crippen LogP contribution in [0.1, 0.15) is 23.7 Å². The average Bonchev–Trinajstić information content (AvgIpc) is 2.06. The summed E-state index contributed by atoms with van der Waals surface area (Å²) in [6.45, 7) is 1.78. The SMILES string of the molecule is CC1CC(=O)c2cc(F)cnc2O1. The number of Topliss-reactive ketones (excluding diaryl/α,β-unsaturated/α-hetero) is 1. The third kappa shape index (κ3) is 1.39. The van der Waals surface area contributed by atoms with Gasteiger partial charge in [-0.3, -0.25) is 4.79 Å². The van der Waals surface area contributed by atoms with E-state index in [1.165, 1.54) is 0 Å². The van der Waals surface area contributed by atoms with Crippen LogP contribution in [-0.2, 0) is 0 Å². The molecule has 2 rings (SSSR count). The van der Waals surface area contributed by atoms with Crippen LogP contribution in [0.3, 0.4) is 0 Å². The Balaban J connectivity index is 2.49. The Morgan fingerprint density at radius 1 is 1.69 bits per heavy atom. The van der Waals surface area contributed by atoms with Crippen molar-refractivity contribution in [2.24, 2.45) is 0 Å². The minimum atomic E-state index is -0.509. The molecule has 0 amide bonds. The number of carbonyl (C=O) groups excluding carboxylic acids is 1. The number of aromatic nitrogens is 1. The number of hydrogen-bond acceptors (Lipinski definition) is 3. The van der Waals surface area contributed by atoms with Crippen LogP contribution in [0.2, 0.25) is 0 Å². The number of nitrogens with zero attached hydrogens (tertiary/aromatic N) is 1. The number of ketones is 1. The predicted molar refractivity (Wildman–Crippen MR) is 43.2 cm³/mol. The highest BCUT2D eigenvalue weighted by atomic mass is 19.1. The Kier molecular flexibility index (Phi) is 1.76. The zero-order chi connectivity index (χ0) is 9.42. The van der Waals surface area contributed by atoms with E-state index in [-0.39, 0.29) is 29.8 Å². The Bertz CT molecular complexity index is 365. The highest BCUT2D eigenvalue weighted by molar-refractivity contribution is 5.99. The van der Waals surface area contributed by atoms with Gasteiger partial charge in [-0.15, -0.1) is 0 Å². The zero-order valence-electron chi connectivity index (χ0n) is 7.08. The fraction of sp³-hybridized carbons (Fsp3) is 0.333. The Morgan fingerprint density at radius 3 is 3.23 bits per heavy atom. The molecule has 1 aliphatic heterocycles. The highest BCUT2D eigenvalue weighted by Crippen LogP contribution is 2.25. The first kappa shape index (κ1) is 8.16. The zero-order valence-corrected chi connectivity index (χ0v) is 7.08. The first-order valence-electron chi connectivity index (χ1n) is 4.02. The standard InChI is InChI=1S/C9H8FNO2/c1-5-2-8(12)7-3-6(10)4-11-9(7)13-5/h3-5H,2H2,1H3. The fourth-order valence-electron chi connectivity index (χ4n) is 1.32. The van der Waals surface area contributed by atoms with E-state index in [1.54, 1.807) is 6.92 Å². The fourth-order valence-corrected chi connectivity index (χ4v) is 1.32. The van der Waals surface area contributed by atoms with Crippen LogP contribution in [-0.4, -0.2) is 16.9 Å². The summed E-state index contributed by atoms with van der Waals surface area (Å²) in [5.74, 6) is -0.379. The molecule has 1 aromatic heterocycles. The van der Waals surface area contributed by atoms with Crippen molar-refractivity contribution in [2.75, 3.05) is 0 Å². The van der Waals surface area contributed by atoms with Gasteiger partial charge in [0.15, 0.2) is 5.78 Å². The van der Waals surface area contributed by atoms with Crippen LogP contribution in [0.15, 0.2) is 12.3 Å². The van der Waals surface area contributed by atoms with Crippen molar-refractivity contribution in [1.29, 1.82) is 0 Å². The van der Waals surface area contributed by atoms with Gasteiger partial charge in [0, 0.05) is 6.42 Å². The lowest BCUT2D eigenvalue weighted by Gasteiger charge is -2.20. The van der Waals surface area contributed by atoms with E-state index in [0.717, 1.165) is 12.3 Å². The third-order valence-corrected chi connectivity index (χ3v) is 1.90. The quantitative estimate of drug-likeness (QED) is 0.609. The molecule has 0 saturated carbocycles. The van der Waals surface area contributed by atoms with Crippen molar-refractivity contribution in [3.63, 3.8) is 0 Å². The van der Waals surface area contributed by atoms with Crippen molar-refractivity contribution < 1.29 is 13.9 Å². The molecule has 2 heterocycles. The van der Waals surface area contributed by atoms with Crippen LogP contribution < -0.4 is 4.74 Å². The van der Waals surface area contributed by atoms with Crippen molar-refractivity contribution in [1.82, 2.24) is 4.98 Å². The second-order valence-corrected chi connectivity index (χ2v) is 3.06. The van der Waals surface area contributed by atoms with Crippen LogP contribution in [0, 0.1) is 5.82 Å². The minimum absolute atomic E-state index is 0.110. The summed E-state index contributed by atoms with van der Waals surface area (Å²) >= 11 is 0. The summed E-state index contributed by atoms with van der Waals surface area (Å²) in [6.07, 6.45) is 1.17. The van der Waals surface area contributed by atoms with E-state index >= 15 is 0 Å². The van der Waals surface area contributed by atoms with Crippen LogP contribution in [0.4, 0.5) is 4.39 Å². The van der Waals surface area contributed by atoms with E-state index < -0.39 is 5.82 Å². The normalized spacial score (nSPS) is 20.8. The Labute approximate surface area is 74.5 Å². The van der Waals surface area contributed by atoms with Crippen molar-refractivity contribution in [2.45, 2.75) is 19.4 Å². The maximum Gasteiger partial charge on any atom is 0.224 e. The van der Waals surface area contributed by atoms with Gasteiger partial charge in [-0.05, 0) is 13.0 Å². The van der Waals surface area contributed by atoms with Gasteiger partial charge in [-0.2, -0.15) is 0 Å². The molecule has 68 valence electrons. The Morgan fingerprint density at radius 2 is 2.46 bits per heavy atom. The summed E-state index contributed by atoms with van der Waals surface area (Å²) in [6, 6.07) is 1.16. The predicted octanol–water partition coefficient (Wildman–Crippen LogP) is 1.57. The molecule has 0 saturated heterocycles. The first-order chi connectivity index (χ1) is 6.16. The number of fused-ring (bicyclic) bond motifs is 1. The molecular weight excluding hydrogens is 173 g/mol. The molecule has 3 nitrogen and oxygen atoms in total. The monoisotopic (exact) mass is 181 g/mol. The number of carbonyl (C=O) groups is 1. The van der Waals surface area contributed by atoms with Gasteiger partial charge in [-0.1, -0.05) is 0 Å². The molecule has 1 atom stereocenters. The van der Waals surface area contributed by atoms with Crippen LogP contribution >= 0.6 is 0 Å². The number of halogens is 1. The average molecular weight is 181 g/mol. The number of pyridine rings is 1. The lowest BCUT2D eigenvalue weighted by Crippen LogP contribution is -2.24. The van der Waals surface area contributed by atoms with E-state index in [0.29, 0.717) is 0 Å². The second kappa shape index (κ2) is 2.80. The Hall–Kier alpha value is -1.45. The molecule has 0 N–H and O–H groups in total. The molecule has 0 radical (unpaired) electrons. The highest BCUT2D eigenvalue weighted by Gasteiger charge is 2.24. The number of rotatable bonds is 0. The van der Waals surface area contributed by atoms with Gasteiger partial charge in [0.25, 0.3) is 0 Å². The summed E-state index contributed by atoms with van der Waals surface area (Å²) < 4.78 is 18.0. The molecule has 0 fully saturated rings. The van der Waals surface area contributed by atoms with Gasteiger partial charge >= 0.3 is 0 Å². The molecule has 0 bridgehead atoms. The molecule has 1 unspecified atom stereocenters. The van der Waals surface area contributed by atoms with Crippen molar-refractivity contribution >= 4 is 5.78 Å². The maximum absolute atomic E-state index is 12.7. The summed E-state index contributed by atoms with van der Waals surface area (Å²) in [5, 5.41) is 0. The first-order valence-corrected chi connectivity index (χ1v) is 4.02. The van der Waals surface area contributed by atoms with Crippen molar-refractivity contribution in [3.8, 4) is 5.88 Å². The molecule has 1 aliphatic rings. The summed E-state index contributed by atoms with van der Waals surface area (Å²) in [7, 11) is 0. The smallest absolute Gasteiger partial charge is 0.224 e. The van der Waals surface area contributed by atoms with E-state index in [9.17, 15) is 9.18 Å². The lowest BCUT2D eigenvalue weighted by molar-refractivity contribution is 0.0861. The van der Waals surface area contributed by atoms with Gasteiger partial charge in [0.2, 0.25) is 5.88 Å². The van der Waals surface area contributed by atoms with Gasteiger partial charge in [0.1, 0.15) is 11.9 Å². The van der Waals surface area contributed by atoms with Gasteiger partial charge in [0.05, 0.1) is 11.8 Å². The minimum Gasteiger partial charge on any atom is -0.474 e. The van der Waals surface area contributed by atoms with Crippen molar-refractivity contribution in [3.05, 3.63) is 23.6 Å². The second-order valence-electron chi connectivity index (χ2n) is 3.06. The van der Waals surface area contributed by atoms with Crippen LogP contribution in [0.25, 0.3) is 0 Å². The maximum atomic E-state index is 12.7. The third-order valence-electron chi connectivity index (χ3n) is 1.90. The molecular formula is C9H8FNO2. The van der Waals surface area contributed by atoms with Crippen LogP contribution in [0.5, 0.6) is 5.88 Å². The van der Waals surface area contributed by atoms with E-state index in [4.69, 9.17) is 4.74 Å². The largest absolute Gasteiger partial charge is 0.474 e. The van der Waals surface area contributed by atoms with Gasteiger partial charge < -0.3 is 4.74 Å².